The lowest BCUT2D eigenvalue weighted by atomic mass is 10.1. The molecule has 0 amide bonds. The molecule has 1 aliphatic rings. The Hall–Kier alpha value is -2.28. The maximum absolute atomic E-state index is 12.1. The zero-order chi connectivity index (χ0) is 12.5. The Balaban J connectivity index is 1.83. The van der Waals surface area contributed by atoms with Crippen molar-refractivity contribution in [1.82, 2.24) is 9.13 Å². The van der Waals surface area contributed by atoms with Crippen molar-refractivity contribution >= 4 is 0 Å². The Bertz CT molecular complexity index is 654. The molecule has 0 atom stereocenters. The lowest BCUT2D eigenvalue weighted by Gasteiger charge is -2.02. The van der Waals surface area contributed by atoms with E-state index < -0.39 is 0 Å². The molecule has 0 saturated heterocycles. The number of hydrogen-bond acceptors (Lipinski definition) is 2. The van der Waals surface area contributed by atoms with Crippen LogP contribution in [0.3, 0.4) is 0 Å². The summed E-state index contributed by atoms with van der Waals surface area (Å²) in [6.45, 7) is 0.560. The molecular formula is C14H13N3O. The number of aromatic nitrogens is 2. The van der Waals surface area contributed by atoms with Crippen molar-refractivity contribution in [2.75, 3.05) is 0 Å². The van der Waals surface area contributed by atoms with E-state index in [-0.39, 0.29) is 5.69 Å². The summed E-state index contributed by atoms with van der Waals surface area (Å²) in [5.74, 6) is 0. The van der Waals surface area contributed by atoms with Gasteiger partial charge in [-0.05, 0) is 30.5 Å². The molecule has 0 radical (unpaired) electrons. The van der Waals surface area contributed by atoms with E-state index in [1.165, 1.54) is 0 Å². The van der Waals surface area contributed by atoms with E-state index in [0.717, 1.165) is 18.4 Å². The van der Waals surface area contributed by atoms with Crippen LogP contribution in [0, 0.1) is 11.3 Å². The number of imidazole rings is 1. The van der Waals surface area contributed by atoms with E-state index >= 15 is 0 Å². The van der Waals surface area contributed by atoms with Gasteiger partial charge in [-0.25, -0.2) is 4.79 Å². The smallest absolute Gasteiger partial charge is 0.296 e. The highest BCUT2D eigenvalue weighted by Crippen LogP contribution is 2.33. The SMILES string of the molecule is N#Cc1ccc(Cn2ccn(C3CC3)c2=O)cc1. The fourth-order valence-corrected chi connectivity index (χ4v) is 2.06. The third kappa shape index (κ3) is 1.95. The first kappa shape index (κ1) is 10.8. The van der Waals surface area contributed by atoms with Gasteiger partial charge >= 0.3 is 5.69 Å². The van der Waals surface area contributed by atoms with Crippen LogP contribution < -0.4 is 5.69 Å². The number of nitrogens with zero attached hydrogens (tertiary/aromatic N) is 3. The Morgan fingerprint density at radius 2 is 1.94 bits per heavy atom. The van der Waals surface area contributed by atoms with Crippen molar-refractivity contribution in [1.29, 1.82) is 5.26 Å². The van der Waals surface area contributed by atoms with Gasteiger partial charge < -0.3 is 0 Å². The molecule has 0 aliphatic heterocycles. The van der Waals surface area contributed by atoms with Gasteiger partial charge in [-0.15, -0.1) is 0 Å². The molecule has 0 N–H and O–H groups in total. The lowest BCUT2D eigenvalue weighted by Crippen LogP contribution is -2.23. The van der Waals surface area contributed by atoms with Gasteiger partial charge in [-0.2, -0.15) is 5.26 Å². The molecular weight excluding hydrogens is 226 g/mol. The van der Waals surface area contributed by atoms with Gasteiger partial charge in [0.2, 0.25) is 0 Å². The summed E-state index contributed by atoms with van der Waals surface area (Å²) in [5, 5.41) is 8.73. The maximum Gasteiger partial charge on any atom is 0.328 e. The van der Waals surface area contributed by atoms with E-state index in [4.69, 9.17) is 5.26 Å². The fraction of sp³-hybridized carbons (Fsp3) is 0.286. The molecule has 18 heavy (non-hydrogen) atoms. The monoisotopic (exact) mass is 239 g/mol. The van der Waals surface area contributed by atoms with Crippen LogP contribution in [0.1, 0.15) is 30.0 Å². The molecule has 0 spiro atoms. The largest absolute Gasteiger partial charge is 0.328 e. The van der Waals surface area contributed by atoms with Crippen molar-refractivity contribution in [3.05, 3.63) is 58.3 Å². The number of rotatable bonds is 3. The molecule has 4 nitrogen and oxygen atoms in total. The minimum absolute atomic E-state index is 0.0573. The zero-order valence-electron chi connectivity index (χ0n) is 9.91. The second kappa shape index (κ2) is 4.19. The molecule has 0 bridgehead atoms. The van der Waals surface area contributed by atoms with Crippen molar-refractivity contribution in [2.24, 2.45) is 0 Å². The first-order chi connectivity index (χ1) is 8.78. The normalized spacial score (nSPS) is 14.4. The molecule has 4 heteroatoms. The predicted octanol–water partition coefficient (Wildman–Crippen LogP) is 1.90. The molecule has 1 aromatic carbocycles. The maximum atomic E-state index is 12.1. The molecule has 3 rings (SSSR count). The van der Waals surface area contributed by atoms with Crippen LogP contribution in [0.5, 0.6) is 0 Å². The third-order valence-electron chi connectivity index (χ3n) is 3.25. The van der Waals surface area contributed by atoms with Crippen LogP contribution in [0.25, 0.3) is 0 Å². The first-order valence-electron chi connectivity index (χ1n) is 6.04. The Morgan fingerprint density at radius 1 is 1.22 bits per heavy atom. The average Bonchev–Trinajstić information content (AvgIpc) is 3.17. The van der Waals surface area contributed by atoms with E-state index in [2.05, 4.69) is 6.07 Å². The minimum Gasteiger partial charge on any atom is -0.296 e. The number of nitriles is 1. The summed E-state index contributed by atoms with van der Waals surface area (Å²) in [7, 11) is 0. The Kier molecular flexibility index (Phi) is 2.52. The van der Waals surface area contributed by atoms with Crippen LogP contribution in [-0.4, -0.2) is 9.13 Å². The summed E-state index contributed by atoms with van der Waals surface area (Å²) in [5.41, 5.74) is 1.73. The van der Waals surface area contributed by atoms with Gasteiger partial charge in [0.25, 0.3) is 0 Å². The van der Waals surface area contributed by atoms with E-state index in [1.54, 1.807) is 16.7 Å². The highest BCUT2D eigenvalue weighted by atomic mass is 16.1. The molecule has 1 aliphatic carbocycles. The molecule has 0 unspecified atom stereocenters. The summed E-state index contributed by atoms with van der Waals surface area (Å²) < 4.78 is 3.52. The van der Waals surface area contributed by atoms with E-state index in [1.807, 2.05) is 29.1 Å². The van der Waals surface area contributed by atoms with Crippen LogP contribution in [0.15, 0.2) is 41.5 Å². The number of benzene rings is 1. The molecule has 1 saturated carbocycles. The molecule has 1 aromatic heterocycles. The van der Waals surface area contributed by atoms with Gasteiger partial charge in [0.15, 0.2) is 0 Å². The quantitative estimate of drug-likeness (QED) is 0.821. The first-order valence-corrected chi connectivity index (χ1v) is 6.04. The predicted molar refractivity (Wildman–Crippen MR) is 67.2 cm³/mol. The molecule has 2 aromatic rings. The number of hydrogen-bond donors (Lipinski definition) is 0. The molecule has 1 heterocycles. The van der Waals surface area contributed by atoms with Crippen LogP contribution in [0.2, 0.25) is 0 Å². The summed E-state index contributed by atoms with van der Waals surface area (Å²) >= 11 is 0. The van der Waals surface area contributed by atoms with Crippen molar-refractivity contribution in [3.63, 3.8) is 0 Å². The van der Waals surface area contributed by atoms with E-state index in [0.29, 0.717) is 18.2 Å². The molecule has 1 fully saturated rings. The van der Waals surface area contributed by atoms with Crippen molar-refractivity contribution < 1.29 is 0 Å². The lowest BCUT2D eigenvalue weighted by molar-refractivity contribution is 0.656. The van der Waals surface area contributed by atoms with Crippen LogP contribution in [0.4, 0.5) is 0 Å². The van der Waals surface area contributed by atoms with Crippen molar-refractivity contribution in [2.45, 2.75) is 25.4 Å². The zero-order valence-corrected chi connectivity index (χ0v) is 9.91. The highest BCUT2D eigenvalue weighted by molar-refractivity contribution is 5.31. The second-order valence-corrected chi connectivity index (χ2v) is 4.66. The fourth-order valence-electron chi connectivity index (χ4n) is 2.06. The van der Waals surface area contributed by atoms with Gasteiger partial charge in [0, 0.05) is 18.4 Å². The van der Waals surface area contributed by atoms with Gasteiger partial charge in [-0.3, -0.25) is 9.13 Å². The average molecular weight is 239 g/mol. The van der Waals surface area contributed by atoms with E-state index in [9.17, 15) is 4.79 Å². The van der Waals surface area contributed by atoms with Gasteiger partial charge in [0.05, 0.1) is 18.2 Å². The summed E-state index contributed by atoms with van der Waals surface area (Å²) in [6, 6.07) is 9.83. The minimum atomic E-state index is 0.0573. The van der Waals surface area contributed by atoms with Gasteiger partial charge in [0.1, 0.15) is 0 Å². The van der Waals surface area contributed by atoms with Crippen LogP contribution in [-0.2, 0) is 6.54 Å². The Morgan fingerprint density at radius 3 is 2.56 bits per heavy atom. The summed E-state index contributed by atoms with van der Waals surface area (Å²) in [6.07, 6.45) is 5.92. The van der Waals surface area contributed by atoms with Crippen molar-refractivity contribution in [3.8, 4) is 6.07 Å². The summed E-state index contributed by atoms with van der Waals surface area (Å²) in [4.78, 5) is 12.1. The highest BCUT2D eigenvalue weighted by Gasteiger charge is 2.25. The van der Waals surface area contributed by atoms with Crippen LogP contribution >= 0.6 is 0 Å². The second-order valence-electron chi connectivity index (χ2n) is 4.66. The topological polar surface area (TPSA) is 50.7 Å². The van der Waals surface area contributed by atoms with Gasteiger partial charge in [-0.1, -0.05) is 12.1 Å². The standard InChI is InChI=1S/C14H13N3O/c15-9-11-1-3-12(4-2-11)10-16-7-8-17(14(16)18)13-5-6-13/h1-4,7-8,13H,5-6,10H2. The molecule has 90 valence electrons. The Labute approximate surface area is 105 Å². The third-order valence-corrected chi connectivity index (χ3v) is 3.25.